The quantitative estimate of drug-likeness (QED) is 0.136. The third kappa shape index (κ3) is 7.33. The summed E-state index contributed by atoms with van der Waals surface area (Å²) < 4.78 is 11.8. The average Bonchev–Trinajstić information content (AvgIpc) is 3.07. The minimum atomic E-state index is -0.174. The lowest BCUT2D eigenvalue weighted by atomic mass is 9.92. The largest absolute Gasteiger partial charge is 0.484 e. The number of pyridine rings is 1. The predicted molar refractivity (Wildman–Crippen MR) is 186 cm³/mol. The van der Waals surface area contributed by atoms with E-state index in [0.29, 0.717) is 29.0 Å². The molecule has 2 N–H and O–H groups in total. The number of aryl methyl sites for hydroxylation is 1. The van der Waals surface area contributed by atoms with Gasteiger partial charge in [0.05, 0.1) is 10.9 Å². The number of benzene rings is 3. The van der Waals surface area contributed by atoms with Crippen molar-refractivity contribution in [2.75, 3.05) is 44.0 Å². The van der Waals surface area contributed by atoms with E-state index in [1.807, 2.05) is 43.3 Å². The highest BCUT2D eigenvalue weighted by molar-refractivity contribution is 5.93. The molecule has 0 radical (unpaired) electrons. The van der Waals surface area contributed by atoms with Crippen molar-refractivity contribution in [3.8, 4) is 17.1 Å². The smallest absolute Gasteiger partial charge is 0.257 e. The zero-order valence-electron chi connectivity index (χ0n) is 26.7. The van der Waals surface area contributed by atoms with E-state index in [9.17, 15) is 9.59 Å². The van der Waals surface area contributed by atoms with E-state index in [1.54, 1.807) is 18.2 Å². The van der Waals surface area contributed by atoms with Crippen molar-refractivity contribution in [2.24, 2.45) is 0 Å². The van der Waals surface area contributed by atoms with Crippen molar-refractivity contribution in [3.05, 3.63) is 94.3 Å². The van der Waals surface area contributed by atoms with Gasteiger partial charge in [0.2, 0.25) is 0 Å². The topological polar surface area (TPSA) is 96.7 Å². The molecule has 0 atom stereocenters. The fraction of sp³-hybridized carbons (Fsp3) is 0.342. The zero-order valence-corrected chi connectivity index (χ0v) is 26.7. The Morgan fingerprint density at radius 2 is 1.67 bits per heavy atom. The van der Waals surface area contributed by atoms with E-state index in [0.717, 1.165) is 61.8 Å². The maximum absolute atomic E-state index is 12.7. The summed E-state index contributed by atoms with van der Waals surface area (Å²) in [6.45, 7) is 1.44. The fourth-order valence-corrected chi connectivity index (χ4v) is 6.11. The van der Waals surface area contributed by atoms with Gasteiger partial charge in [-0.1, -0.05) is 31.0 Å². The highest BCUT2D eigenvalue weighted by Gasteiger charge is 2.18. The second-order valence-corrected chi connectivity index (χ2v) is 12.2. The molecular weight excluding hydrogens is 576 g/mol. The number of aromatic nitrogens is 1. The SMILES string of the molecule is CN(C)c1ccc(-c2cc(=O)c3ccc(OCC(=O)NCCCCCCNc4c5c(nc6ccccc46)CCCC5)cc3o2)cc1. The molecule has 0 fully saturated rings. The van der Waals surface area contributed by atoms with E-state index in [2.05, 4.69) is 34.9 Å². The van der Waals surface area contributed by atoms with Crippen LogP contribution in [0.25, 0.3) is 33.2 Å². The predicted octanol–water partition coefficient (Wildman–Crippen LogP) is 7.12. The van der Waals surface area contributed by atoms with Crippen LogP contribution in [0.3, 0.4) is 0 Å². The molecule has 8 heteroatoms. The highest BCUT2D eigenvalue weighted by Crippen LogP contribution is 2.33. The lowest BCUT2D eigenvalue weighted by Crippen LogP contribution is -2.29. The molecular formula is C38H42N4O4. The molecule has 1 aliphatic rings. The Balaban J connectivity index is 0.930. The van der Waals surface area contributed by atoms with Gasteiger partial charge >= 0.3 is 0 Å². The number of nitrogens with zero attached hydrogens (tertiary/aromatic N) is 2. The number of amides is 1. The first kappa shape index (κ1) is 31.1. The standard InChI is InChI=1S/C38H42N4O4/c1-42(2)27-17-15-26(16-18-27)35-24-34(43)31-20-19-28(23-36(31)46-35)45-25-37(44)39-21-9-3-4-10-22-40-38-29-11-5-7-13-32(29)41-33-14-8-6-12-30(33)38/h5,7,11,13,15-20,23-24H,3-4,6,8-10,12,14,21-22,25H2,1-2H3,(H,39,44)(H,40,41). The van der Waals surface area contributed by atoms with E-state index in [4.69, 9.17) is 14.1 Å². The number of rotatable bonds is 13. The van der Waals surface area contributed by atoms with Gasteiger partial charge in [0.25, 0.3) is 5.91 Å². The average molecular weight is 619 g/mol. The number of hydrogen-bond donors (Lipinski definition) is 2. The summed E-state index contributed by atoms with van der Waals surface area (Å²) in [6, 6.07) is 22.8. The van der Waals surface area contributed by atoms with Gasteiger partial charge in [0.1, 0.15) is 17.1 Å². The van der Waals surface area contributed by atoms with Crippen LogP contribution in [0.5, 0.6) is 5.75 Å². The van der Waals surface area contributed by atoms with E-state index in [1.165, 1.54) is 41.2 Å². The molecule has 46 heavy (non-hydrogen) atoms. The maximum Gasteiger partial charge on any atom is 0.257 e. The van der Waals surface area contributed by atoms with Gasteiger partial charge in [0, 0.05) is 67.3 Å². The van der Waals surface area contributed by atoms with Crippen molar-refractivity contribution >= 4 is 39.2 Å². The molecule has 0 bridgehead atoms. The summed E-state index contributed by atoms with van der Waals surface area (Å²) in [5, 5.41) is 8.37. The monoisotopic (exact) mass is 618 g/mol. The van der Waals surface area contributed by atoms with Crippen molar-refractivity contribution in [1.29, 1.82) is 0 Å². The summed E-state index contributed by atoms with van der Waals surface area (Å²) in [7, 11) is 3.95. The molecule has 2 aromatic heterocycles. The van der Waals surface area contributed by atoms with E-state index in [-0.39, 0.29) is 17.9 Å². The Hall–Kier alpha value is -4.85. The molecule has 0 aliphatic heterocycles. The lowest BCUT2D eigenvalue weighted by Gasteiger charge is -2.21. The molecule has 1 amide bonds. The minimum absolute atomic E-state index is 0.102. The first-order valence-corrected chi connectivity index (χ1v) is 16.4. The van der Waals surface area contributed by atoms with Crippen LogP contribution in [0.2, 0.25) is 0 Å². The number of para-hydroxylation sites is 1. The Bertz CT molecular complexity index is 1880. The van der Waals surface area contributed by atoms with Gasteiger partial charge in [-0.25, -0.2) is 0 Å². The molecule has 3 aromatic carbocycles. The van der Waals surface area contributed by atoms with Crippen molar-refractivity contribution in [1.82, 2.24) is 10.3 Å². The Labute approximate surface area is 269 Å². The molecule has 0 saturated heterocycles. The number of unbranched alkanes of at least 4 members (excludes halogenated alkanes) is 3. The fourth-order valence-electron chi connectivity index (χ4n) is 6.11. The number of nitrogens with one attached hydrogen (secondary N) is 2. The third-order valence-corrected chi connectivity index (χ3v) is 8.64. The maximum atomic E-state index is 12.7. The van der Waals surface area contributed by atoms with Crippen molar-refractivity contribution < 1.29 is 13.9 Å². The van der Waals surface area contributed by atoms with Crippen LogP contribution in [0.15, 0.2) is 82.0 Å². The lowest BCUT2D eigenvalue weighted by molar-refractivity contribution is -0.123. The van der Waals surface area contributed by atoms with Crippen LogP contribution in [-0.2, 0) is 17.6 Å². The molecule has 0 spiro atoms. The number of carbonyl (C=O) groups is 1. The highest BCUT2D eigenvalue weighted by atomic mass is 16.5. The molecule has 1 aliphatic carbocycles. The van der Waals surface area contributed by atoms with Crippen molar-refractivity contribution in [3.63, 3.8) is 0 Å². The van der Waals surface area contributed by atoms with E-state index < -0.39 is 0 Å². The van der Waals surface area contributed by atoms with Crippen LogP contribution in [-0.4, -0.2) is 44.7 Å². The zero-order chi connectivity index (χ0) is 31.9. The number of hydrogen-bond acceptors (Lipinski definition) is 7. The normalized spacial score (nSPS) is 12.6. The number of anilines is 2. The molecule has 0 unspecified atom stereocenters. The van der Waals surface area contributed by atoms with Gasteiger partial charge < -0.3 is 24.7 Å². The van der Waals surface area contributed by atoms with Crippen LogP contribution in [0, 0.1) is 0 Å². The van der Waals surface area contributed by atoms with Gasteiger partial charge in [-0.3, -0.25) is 14.6 Å². The summed E-state index contributed by atoms with van der Waals surface area (Å²) in [6.07, 6.45) is 8.74. The second kappa shape index (κ2) is 14.5. The molecule has 6 rings (SSSR count). The summed E-state index contributed by atoms with van der Waals surface area (Å²) in [5.74, 6) is 0.784. The molecule has 238 valence electrons. The third-order valence-electron chi connectivity index (χ3n) is 8.64. The van der Waals surface area contributed by atoms with Gasteiger partial charge in [-0.15, -0.1) is 0 Å². The first-order valence-electron chi connectivity index (χ1n) is 16.4. The molecule has 0 saturated carbocycles. The van der Waals surface area contributed by atoms with Crippen LogP contribution < -0.4 is 25.7 Å². The number of ether oxygens (including phenoxy) is 1. The van der Waals surface area contributed by atoms with Crippen LogP contribution in [0.4, 0.5) is 11.4 Å². The number of fused-ring (bicyclic) bond motifs is 3. The summed E-state index contributed by atoms with van der Waals surface area (Å²) in [5.41, 5.74) is 7.18. The first-order chi connectivity index (χ1) is 22.5. The Morgan fingerprint density at radius 1 is 0.891 bits per heavy atom. The Kier molecular flexibility index (Phi) is 9.82. The van der Waals surface area contributed by atoms with Gasteiger partial charge in [-0.05, 0) is 86.6 Å². The second-order valence-electron chi connectivity index (χ2n) is 12.2. The minimum Gasteiger partial charge on any atom is -0.484 e. The van der Waals surface area contributed by atoms with Crippen molar-refractivity contribution in [2.45, 2.75) is 51.4 Å². The molecule has 2 heterocycles. The van der Waals surface area contributed by atoms with Crippen LogP contribution >= 0.6 is 0 Å². The summed E-state index contributed by atoms with van der Waals surface area (Å²) in [4.78, 5) is 32.1. The van der Waals surface area contributed by atoms with Crippen LogP contribution in [0.1, 0.15) is 49.8 Å². The Morgan fingerprint density at radius 3 is 2.50 bits per heavy atom. The molecule has 5 aromatic rings. The van der Waals surface area contributed by atoms with E-state index >= 15 is 0 Å². The molecule has 8 nitrogen and oxygen atoms in total. The van der Waals surface area contributed by atoms with Gasteiger partial charge in [-0.2, -0.15) is 0 Å². The van der Waals surface area contributed by atoms with Gasteiger partial charge in [0.15, 0.2) is 12.0 Å². The summed E-state index contributed by atoms with van der Waals surface area (Å²) >= 11 is 0. The number of carbonyl (C=O) groups excluding carboxylic acids is 1.